The number of methoxy groups -OCH3 is 1. The predicted molar refractivity (Wildman–Crippen MR) is 104 cm³/mol. The third-order valence-electron chi connectivity index (χ3n) is 4.14. The number of aromatic nitrogens is 1. The van der Waals surface area contributed by atoms with Crippen LogP contribution in [0.15, 0.2) is 60.8 Å². The molecule has 0 aliphatic heterocycles. The summed E-state index contributed by atoms with van der Waals surface area (Å²) >= 11 is 0. The van der Waals surface area contributed by atoms with E-state index >= 15 is 0 Å². The van der Waals surface area contributed by atoms with Crippen molar-refractivity contribution in [2.24, 2.45) is 0 Å². The Labute approximate surface area is 153 Å². The molecule has 1 amide bonds. The van der Waals surface area contributed by atoms with E-state index in [-0.39, 0.29) is 5.91 Å². The van der Waals surface area contributed by atoms with Crippen molar-refractivity contribution in [3.8, 4) is 5.75 Å². The minimum Gasteiger partial charge on any atom is -0.497 e. The van der Waals surface area contributed by atoms with E-state index in [0.717, 1.165) is 17.1 Å². The van der Waals surface area contributed by atoms with Crippen molar-refractivity contribution in [3.63, 3.8) is 0 Å². The molecule has 3 aromatic rings. The van der Waals surface area contributed by atoms with Crippen molar-refractivity contribution in [3.05, 3.63) is 77.6 Å². The van der Waals surface area contributed by atoms with Crippen LogP contribution in [0.4, 0.5) is 17.1 Å². The van der Waals surface area contributed by atoms with Crippen LogP contribution in [-0.4, -0.2) is 18.0 Å². The molecule has 26 heavy (non-hydrogen) atoms. The topological polar surface area (TPSA) is 63.2 Å². The highest BCUT2D eigenvalue weighted by Crippen LogP contribution is 2.20. The first-order chi connectivity index (χ1) is 12.5. The molecular weight excluding hydrogens is 326 g/mol. The summed E-state index contributed by atoms with van der Waals surface area (Å²) in [6, 6.07) is 16.9. The van der Waals surface area contributed by atoms with Crippen molar-refractivity contribution in [1.29, 1.82) is 0 Å². The summed E-state index contributed by atoms with van der Waals surface area (Å²) in [6.07, 6.45) is 1.62. The molecule has 0 bridgehead atoms. The van der Waals surface area contributed by atoms with E-state index in [2.05, 4.69) is 41.6 Å². The maximum absolute atomic E-state index is 12.4. The first-order valence-electron chi connectivity index (χ1n) is 8.31. The zero-order valence-electron chi connectivity index (χ0n) is 15.0. The number of ether oxygens (including phenoxy) is 1. The number of anilines is 3. The van der Waals surface area contributed by atoms with E-state index in [1.807, 2.05) is 12.1 Å². The quantitative estimate of drug-likeness (QED) is 0.702. The molecule has 0 radical (unpaired) electrons. The summed E-state index contributed by atoms with van der Waals surface area (Å²) in [7, 11) is 1.60. The number of benzene rings is 2. The molecule has 2 aromatic carbocycles. The van der Waals surface area contributed by atoms with Gasteiger partial charge >= 0.3 is 0 Å². The van der Waals surface area contributed by atoms with Gasteiger partial charge in [0.05, 0.1) is 7.11 Å². The van der Waals surface area contributed by atoms with Crippen molar-refractivity contribution >= 4 is 23.0 Å². The summed E-state index contributed by atoms with van der Waals surface area (Å²) < 4.78 is 5.11. The maximum Gasteiger partial charge on any atom is 0.274 e. The van der Waals surface area contributed by atoms with Crippen LogP contribution in [0.2, 0.25) is 0 Å². The fourth-order valence-electron chi connectivity index (χ4n) is 2.49. The number of pyridine rings is 1. The molecule has 0 saturated heterocycles. The minimum atomic E-state index is -0.265. The predicted octanol–water partition coefficient (Wildman–Crippen LogP) is 4.70. The zero-order chi connectivity index (χ0) is 18.5. The molecular formula is C21H21N3O2. The average Bonchev–Trinajstić information content (AvgIpc) is 2.65. The molecule has 0 fully saturated rings. The van der Waals surface area contributed by atoms with Crippen LogP contribution in [0.1, 0.15) is 21.6 Å². The van der Waals surface area contributed by atoms with Crippen LogP contribution < -0.4 is 15.4 Å². The summed E-state index contributed by atoms with van der Waals surface area (Å²) in [6.45, 7) is 4.15. The van der Waals surface area contributed by atoms with E-state index in [0.29, 0.717) is 11.4 Å². The Morgan fingerprint density at radius 2 is 1.58 bits per heavy atom. The van der Waals surface area contributed by atoms with Crippen LogP contribution in [0.3, 0.4) is 0 Å². The molecule has 0 aliphatic carbocycles. The summed E-state index contributed by atoms with van der Waals surface area (Å²) in [4.78, 5) is 16.6. The Hall–Kier alpha value is -3.34. The number of aryl methyl sites for hydroxylation is 2. The summed E-state index contributed by atoms with van der Waals surface area (Å²) in [5.74, 6) is 0.472. The van der Waals surface area contributed by atoms with Gasteiger partial charge in [-0.05, 0) is 73.5 Å². The number of nitrogens with one attached hydrogen (secondary N) is 2. The van der Waals surface area contributed by atoms with Gasteiger partial charge in [-0.2, -0.15) is 0 Å². The van der Waals surface area contributed by atoms with E-state index in [4.69, 9.17) is 4.74 Å². The van der Waals surface area contributed by atoms with Gasteiger partial charge in [0.1, 0.15) is 11.4 Å². The lowest BCUT2D eigenvalue weighted by Crippen LogP contribution is -2.13. The number of amides is 1. The number of carbonyl (C=O) groups is 1. The van der Waals surface area contributed by atoms with Gasteiger partial charge in [0, 0.05) is 23.3 Å². The monoisotopic (exact) mass is 347 g/mol. The van der Waals surface area contributed by atoms with Gasteiger partial charge in [-0.3, -0.25) is 9.78 Å². The molecule has 0 spiro atoms. The summed E-state index contributed by atoms with van der Waals surface area (Å²) in [5.41, 5.74) is 5.26. The minimum absolute atomic E-state index is 0.265. The Bertz CT molecular complexity index is 921. The molecule has 5 heteroatoms. The number of hydrogen-bond donors (Lipinski definition) is 2. The second-order valence-electron chi connectivity index (χ2n) is 6.04. The van der Waals surface area contributed by atoms with E-state index in [1.54, 1.807) is 43.6 Å². The first kappa shape index (κ1) is 17.5. The lowest BCUT2D eigenvalue weighted by molar-refractivity contribution is 0.102. The van der Waals surface area contributed by atoms with Crippen LogP contribution in [0.25, 0.3) is 0 Å². The molecule has 2 N–H and O–H groups in total. The van der Waals surface area contributed by atoms with Gasteiger partial charge in [-0.25, -0.2) is 0 Å². The third-order valence-corrected chi connectivity index (χ3v) is 4.14. The fraction of sp³-hybridized carbons (Fsp3) is 0.143. The Morgan fingerprint density at radius 1 is 0.885 bits per heavy atom. The third kappa shape index (κ3) is 4.19. The molecule has 0 saturated carbocycles. The Kier molecular flexibility index (Phi) is 5.17. The highest BCUT2D eigenvalue weighted by Gasteiger charge is 2.09. The molecule has 3 rings (SSSR count). The normalized spacial score (nSPS) is 10.3. The number of hydrogen-bond acceptors (Lipinski definition) is 4. The smallest absolute Gasteiger partial charge is 0.274 e. The van der Waals surface area contributed by atoms with Gasteiger partial charge in [0.15, 0.2) is 0 Å². The molecule has 132 valence electrons. The zero-order valence-corrected chi connectivity index (χ0v) is 15.0. The van der Waals surface area contributed by atoms with Gasteiger partial charge in [-0.15, -0.1) is 0 Å². The lowest BCUT2D eigenvalue weighted by atomic mass is 10.1. The number of nitrogens with zero attached hydrogens (tertiary/aromatic N) is 1. The van der Waals surface area contributed by atoms with Gasteiger partial charge in [0.2, 0.25) is 0 Å². The van der Waals surface area contributed by atoms with Crippen LogP contribution >= 0.6 is 0 Å². The molecule has 1 heterocycles. The maximum atomic E-state index is 12.4. The van der Waals surface area contributed by atoms with Crippen LogP contribution in [0.5, 0.6) is 5.75 Å². The van der Waals surface area contributed by atoms with E-state index < -0.39 is 0 Å². The van der Waals surface area contributed by atoms with Gasteiger partial charge in [-0.1, -0.05) is 6.07 Å². The Balaban J connectivity index is 1.73. The first-order valence-corrected chi connectivity index (χ1v) is 8.31. The fourth-order valence-corrected chi connectivity index (χ4v) is 2.49. The van der Waals surface area contributed by atoms with Crippen molar-refractivity contribution in [1.82, 2.24) is 4.98 Å². The standard InChI is InChI=1S/C21H21N3O2/c1-14-4-5-17(12-15(14)2)23-18-10-11-22-20(13-18)21(25)24-16-6-8-19(26-3)9-7-16/h4-13H,1-3H3,(H,22,23)(H,24,25). The Morgan fingerprint density at radius 3 is 2.27 bits per heavy atom. The van der Waals surface area contributed by atoms with E-state index in [9.17, 15) is 4.79 Å². The second-order valence-corrected chi connectivity index (χ2v) is 6.04. The molecule has 0 aliphatic rings. The molecule has 0 unspecified atom stereocenters. The summed E-state index contributed by atoms with van der Waals surface area (Å²) in [5, 5.41) is 6.14. The highest BCUT2D eigenvalue weighted by molar-refractivity contribution is 6.03. The molecule has 5 nitrogen and oxygen atoms in total. The number of carbonyl (C=O) groups excluding carboxylic acids is 1. The van der Waals surface area contributed by atoms with Crippen LogP contribution in [0, 0.1) is 13.8 Å². The van der Waals surface area contributed by atoms with E-state index in [1.165, 1.54) is 11.1 Å². The molecule has 1 aromatic heterocycles. The number of rotatable bonds is 5. The van der Waals surface area contributed by atoms with Crippen molar-refractivity contribution in [2.45, 2.75) is 13.8 Å². The lowest BCUT2D eigenvalue weighted by Gasteiger charge is -2.10. The largest absolute Gasteiger partial charge is 0.497 e. The van der Waals surface area contributed by atoms with Crippen LogP contribution in [-0.2, 0) is 0 Å². The SMILES string of the molecule is COc1ccc(NC(=O)c2cc(Nc3ccc(C)c(C)c3)ccn2)cc1. The second kappa shape index (κ2) is 7.70. The van der Waals surface area contributed by atoms with Crippen molar-refractivity contribution < 1.29 is 9.53 Å². The van der Waals surface area contributed by atoms with Gasteiger partial charge in [0.25, 0.3) is 5.91 Å². The average molecular weight is 347 g/mol. The molecule has 0 atom stereocenters. The van der Waals surface area contributed by atoms with Crippen molar-refractivity contribution in [2.75, 3.05) is 17.7 Å². The highest BCUT2D eigenvalue weighted by atomic mass is 16.5. The van der Waals surface area contributed by atoms with Gasteiger partial charge < -0.3 is 15.4 Å².